The van der Waals surface area contributed by atoms with E-state index in [9.17, 15) is 9.59 Å². The number of nitrogens with zero attached hydrogens (tertiary/aromatic N) is 2. The molecule has 5 nitrogen and oxygen atoms in total. The van der Waals surface area contributed by atoms with E-state index < -0.39 is 0 Å². The quantitative estimate of drug-likeness (QED) is 0.302. The number of Topliss-reactive ketones (excluding diaryl/α,β-unsaturated/α-hetero) is 1. The van der Waals surface area contributed by atoms with E-state index in [1.54, 1.807) is 23.1 Å². The van der Waals surface area contributed by atoms with Crippen LogP contribution in [0.2, 0.25) is 6.32 Å². The van der Waals surface area contributed by atoms with Crippen LogP contribution in [0.15, 0.2) is 81.3 Å². The summed E-state index contributed by atoms with van der Waals surface area (Å²) in [5.74, 6) is 0.134. The summed E-state index contributed by atoms with van der Waals surface area (Å²) in [6.07, 6.45) is 4.53. The number of thiazole rings is 1. The number of allylic oxidation sites excluding steroid dienone is 4. The van der Waals surface area contributed by atoms with Crippen LogP contribution >= 0.6 is 23.1 Å². The van der Waals surface area contributed by atoms with Crippen LogP contribution in [0.25, 0.3) is 16.3 Å². The van der Waals surface area contributed by atoms with Crippen LogP contribution in [0.3, 0.4) is 0 Å². The molecule has 1 aliphatic heterocycles. The lowest BCUT2D eigenvalue weighted by atomic mass is 9.82. The van der Waals surface area contributed by atoms with Gasteiger partial charge in [-0.1, -0.05) is 47.4 Å². The Bertz CT molecular complexity index is 1440. The van der Waals surface area contributed by atoms with E-state index in [-0.39, 0.29) is 11.7 Å². The number of para-hydroxylation sites is 2. The predicted octanol–water partition coefficient (Wildman–Crippen LogP) is 4.11. The summed E-state index contributed by atoms with van der Waals surface area (Å²) in [6, 6.07) is 16.6. The first-order chi connectivity index (χ1) is 17.0. The fourth-order valence-electron chi connectivity index (χ4n) is 4.47. The maximum absolute atomic E-state index is 13.2. The second-order valence-corrected chi connectivity index (χ2v) is 10.6. The van der Waals surface area contributed by atoms with E-state index in [2.05, 4.69) is 58.1 Å². The summed E-state index contributed by atoms with van der Waals surface area (Å²) in [5, 5.41) is 5.07. The lowest BCUT2D eigenvalue weighted by Gasteiger charge is -2.23. The summed E-state index contributed by atoms with van der Waals surface area (Å²) >= 11 is 3.39. The van der Waals surface area contributed by atoms with Gasteiger partial charge in [-0.3, -0.25) is 9.59 Å². The molecule has 0 bridgehead atoms. The van der Waals surface area contributed by atoms with Crippen molar-refractivity contribution in [3.8, 4) is 0 Å². The first kappa shape index (κ1) is 23.6. The zero-order valence-electron chi connectivity index (χ0n) is 20.1. The van der Waals surface area contributed by atoms with Gasteiger partial charge in [0, 0.05) is 34.7 Å². The van der Waals surface area contributed by atoms with E-state index in [4.69, 9.17) is 0 Å². The number of carbonyl (C=O) groups excluding carboxylic acids is 2. The minimum atomic E-state index is 0.0451. The molecule has 0 saturated carbocycles. The third-order valence-corrected chi connectivity index (χ3v) is 8.63. The van der Waals surface area contributed by atoms with Gasteiger partial charge in [0.2, 0.25) is 11.4 Å². The molecule has 0 radical (unpaired) electrons. The summed E-state index contributed by atoms with van der Waals surface area (Å²) in [5.41, 5.74) is 4.89. The Balaban J connectivity index is 1.45. The Hall–Kier alpha value is -3.10. The van der Waals surface area contributed by atoms with Gasteiger partial charge in [0.25, 0.3) is 5.01 Å². The van der Waals surface area contributed by atoms with Gasteiger partial charge < -0.3 is 10.2 Å². The molecule has 35 heavy (non-hydrogen) atoms. The molecule has 3 aromatic rings. The molecule has 1 aliphatic carbocycles. The van der Waals surface area contributed by atoms with Crippen LogP contribution in [-0.4, -0.2) is 32.6 Å². The molecule has 1 N–H and O–H groups in total. The van der Waals surface area contributed by atoms with Gasteiger partial charge in [-0.05, 0) is 50.0 Å². The van der Waals surface area contributed by atoms with Crippen LogP contribution in [0.4, 0.5) is 5.69 Å². The highest BCUT2D eigenvalue weighted by molar-refractivity contribution is 8.03. The molecule has 0 unspecified atom stereocenters. The number of hydrogen-bond acceptors (Lipinski definition) is 5. The normalized spacial score (nSPS) is 17.4. The number of ketones is 1. The molecule has 0 atom stereocenters. The highest BCUT2D eigenvalue weighted by Gasteiger charge is 2.33. The van der Waals surface area contributed by atoms with Crippen molar-refractivity contribution in [1.82, 2.24) is 5.32 Å². The van der Waals surface area contributed by atoms with Crippen LogP contribution in [-0.2, 0) is 16.1 Å². The molecule has 1 aromatic heterocycles. The summed E-state index contributed by atoms with van der Waals surface area (Å²) in [7, 11) is 1.85. The molecule has 8 heteroatoms. The van der Waals surface area contributed by atoms with Gasteiger partial charge in [0.15, 0.2) is 12.3 Å². The molecule has 2 aliphatic rings. The molecule has 5 rings (SSSR count). The molecule has 0 fully saturated rings. The van der Waals surface area contributed by atoms with E-state index in [0.29, 0.717) is 19.4 Å². The number of nitrogens with one attached hydrogen (secondary N) is 1. The van der Waals surface area contributed by atoms with Gasteiger partial charge in [-0.15, -0.1) is 0 Å². The average molecular weight is 500 g/mol. The lowest BCUT2D eigenvalue weighted by Crippen LogP contribution is -2.41. The molecular formula is C27H27BN3O2S2+. The van der Waals surface area contributed by atoms with E-state index >= 15 is 0 Å². The number of thioether (sulfide) groups is 1. The molecule has 2 aromatic carbocycles. The second-order valence-electron chi connectivity index (χ2n) is 8.49. The fraction of sp³-hybridized carbons (Fsp3) is 0.222. The largest absolute Gasteiger partial charge is 0.350 e. The molecule has 176 valence electrons. The number of carbonyl (C=O) groups is 2. The third kappa shape index (κ3) is 4.37. The first-order valence-electron chi connectivity index (χ1n) is 11.9. The Morgan fingerprint density at radius 3 is 2.69 bits per heavy atom. The van der Waals surface area contributed by atoms with Gasteiger partial charge in [-0.2, -0.15) is 4.57 Å². The Labute approximate surface area is 214 Å². The van der Waals surface area contributed by atoms with Crippen molar-refractivity contribution in [2.24, 2.45) is 0 Å². The number of hydrogen-bond donors (Lipinski definition) is 1. The number of benzene rings is 2. The van der Waals surface area contributed by atoms with Crippen LogP contribution in [0.5, 0.6) is 0 Å². The van der Waals surface area contributed by atoms with Gasteiger partial charge in [-0.25, -0.2) is 0 Å². The highest BCUT2D eigenvalue weighted by atomic mass is 32.2. The van der Waals surface area contributed by atoms with Gasteiger partial charge in [0.05, 0.1) is 17.3 Å². The Kier molecular flexibility index (Phi) is 6.67. The Morgan fingerprint density at radius 2 is 1.91 bits per heavy atom. The standard InChI is InChI=1S/C27H26BN3O2S2/c1-3-30-20-8-4-6-10-22(20)34-25(30)14-18-17(2)19(27(18)33)15-26-31(13-12-29-24(32)16-28)21-9-5-7-11-23(21)35-26/h4-11,14-15H,3,12-13,16,28H2,1-2H3/p+1. The van der Waals surface area contributed by atoms with Crippen molar-refractivity contribution >= 4 is 64.6 Å². The monoisotopic (exact) mass is 500 g/mol. The van der Waals surface area contributed by atoms with E-state index in [1.807, 2.05) is 39.1 Å². The van der Waals surface area contributed by atoms with Crippen LogP contribution < -0.4 is 14.8 Å². The minimum absolute atomic E-state index is 0.0451. The third-order valence-electron chi connectivity index (χ3n) is 6.40. The van der Waals surface area contributed by atoms with Crippen molar-refractivity contribution < 1.29 is 14.2 Å². The topological polar surface area (TPSA) is 53.3 Å². The molecule has 0 saturated heterocycles. The number of anilines is 1. The summed E-state index contributed by atoms with van der Waals surface area (Å²) in [6.45, 7) is 6.23. The molecule has 0 spiro atoms. The lowest BCUT2D eigenvalue weighted by molar-refractivity contribution is -0.666. The van der Waals surface area contributed by atoms with Crippen molar-refractivity contribution in [2.45, 2.75) is 31.6 Å². The Morgan fingerprint density at radius 1 is 1.14 bits per heavy atom. The average Bonchev–Trinajstić information content (AvgIpc) is 3.42. The zero-order chi connectivity index (χ0) is 24.5. The second kappa shape index (κ2) is 9.87. The number of fused-ring (bicyclic) bond motifs is 2. The van der Waals surface area contributed by atoms with Crippen molar-refractivity contribution in [1.29, 1.82) is 0 Å². The molecule has 1 amide bonds. The summed E-state index contributed by atoms with van der Waals surface area (Å²) in [4.78, 5) is 28.4. The van der Waals surface area contributed by atoms with E-state index in [0.717, 1.165) is 43.5 Å². The van der Waals surface area contributed by atoms with Gasteiger partial charge >= 0.3 is 0 Å². The highest BCUT2D eigenvalue weighted by Crippen LogP contribution is 2.47. The molecular weight excluding hydrogens is 473 g/mol. The van der Waals surface area contributed by atoms with Crippen LogP contribution in [0.1, 0.15) is 18.9 Å². The SMILES string of the molecule is BCC(=O)NCC[n+]1c(/C=C2/C(=O)C(/C=C3\Sc4ccccc4N3CC)=C2C)sc2ccccc21. The van der Waals surface area contributed by atoms with Crippen molar-refractivity contribution in [3.05, 3.63) is 81.4 Å². The van der Waals surface area contributed by atoms with Gasteiger partial charge in [0.1, 0.15) is 12.5 Å². The fourth-order valence-corrected chi connectivity index (χ4v) is 6.77. The smallest absolute Gasteiger partial charge is 0.263 e. The zero-order valence-corrected chi connectivity index (χ0v) is 21.8. The maximum atomic E-state index is 13.2. The number of rotatable bonds is 7. The maximum Gasteiger partial charge on any atom is 0.263 e. The summed E-state index contributed by atoms with van der Waals surface area (Å²) < 4.78 is 3.36. The van der Waals surface area contributed by atoms with Crippen molar-refractivity contribution in [2.75, 3.05) is 18.0 Å². The first-order valence-corrected chi connectivity index (χ1v) is 13.6. The minimum Gasteiger partial charge on any atom is -0.350 e. The molecule has 2 heterocycles. The van der Waals surface area contributed by atoms with Crippen molar-refractivity contribution in [3.63, 3.8) is 0 Å². The van der Waals surface area contributed by atoms with E-state index in [1.165, 1.54) is 10.6 Å². The number of amides is 1. The number of aromatic nitrogens is 1. The van der Waals surface area contributed by atoms with Crippen LogP contribution in [0, 0.1) is 0 Å². The predicted molar refractivity (Wildman–Crippen MR) is 147 cm³/mol.